The van der Waals surface area contributed by atoms with Crippen molar-refractivity contribution in [3.63, 3.8) is 0 Å². The van der Waals surface area contributed by atoms with Crippen LogP contribution in [0.4, 0.5) is 0 Å². The number of aromatic hydroxyl groups is 1. The molecule has 4 aromatic carbocycles. The van der Waals surface area contributed by atoms with E-state index in [0.29, 0.717) is 59.3 Å². The molecule has 3 atom stereocenters. The number of aryl methyl sites for hydroxylation is 1. The fraction of sp³-hybridized carbons (Fsp3) is 0.325. The average molecular weight is 663 g/mol. The summed E-state index contributed by atoms with van der Waals surface area (Å²) in [5.41, 5.74) is 7.48. The molecule has 1 N–H and O–H groups in total. The van der Waals surface area contributed by atoms with Gasteiger partial charge >= 0.3 is 0 Å². The summed E-state index contributed by atoms with van der Waals surface area (Å²) in [5.74, 6) is 2.24. The molecule has 0 radical (unpaired) electrons. The second kappa shape index (κ2) is 13.1. The van der Waals surface area contributed by atoms with Gasteiger partial charge in [-0.05, 0) is 55.6 Å². The van der Waals surface area contributed by atoms with Gasteiger partial charge in [0, 0.05) is 28.0 Å². The number of phenols is 1. The molecule has 0 saturated carbocycles. The van der Waals surface area contributed by atoms with Crippen molar-refractivity contribution in [1.82, 2.24) is 9.80 Å². The van der Waals surface area contributed by atoms with Crippen LogP contribution in [0.25, 0.3) is 6.08 Å². The number of phenolic OH excluding ortho intramolecular Hbond substituents is 1. The molecule has 1 amide bonds. The van der Waals surface area contributed by atoms with Gasteiger partial charge in [-0.15, -0.1) is 0 Å². The third kappa shape index (κ3) is 5.37. The number of fused-ring (bicyclic) bond motifs is 7. The molecule has 1 saturated heterocycles. The highest BCUT2D eigenvalue weighted by Crippen LogP contribution is 2.57. The Balaban J connectivity index is 1.41. The first-order valence-electron chi connectivity index (χ1n) is 16.5. The van der Waals surface area contributed by atoms with Crippen LogP contribution in [-0.4, -0.2) is 61.8 Å². The van der Waals surface area contributed by atoms with Gasteiger partial charge < -0.3 is 33.7 Å². The highest BCUT2D eigenvalue weighted by molar-refractivity contribution is 5.91. The number of benzene rings is 4. The van der Waals surface area contributed by atoms with E-state index in [-0.39, 0.29) is 24.3 Å². The van der Waals surface area contributed by atoms with Crippen LogP contribution in [0, 0.1) is 13.8 Å². The molecule has 2 bridgehead atoms. The molecule has 9 heteroatoms. The van der Waals surface area contributed by atoms with E-state index in [1.807, 2.05) is 85.6 Å². The summed E-state index contributed by atoms with van der Waals surface area (Å²) >= 11 is 0. The number of methoxy groups -OCH3 is 3. The second-order valence-corrected chi connectivity index (χ2v) is 12.9. The minimum atomic E-state index is -0.608. The number of carbonyl (C=O) groups excluding carboxylic acids is 1. The van der Waals surface area contributed by atoms with E-state index < -0.39 is 12.1 Å². The third-order valence-electron chi connectivity index (χ3n) is 10.1. The highest BCUT2D eigenvalue weighted by atomic mass is 16.5. The smallest absolute Gasteiger partial charge is 0.245 e. The molecule has 0 aliphatic carbocycles. The molecule has 0 unspecified atom stereocenters. The zero-order valence-corrected chi connectivity index (χ0v) is 28.8. The van der Waals surface area contributed by atoms with Gasteiger partial charge in [-0.1, -0.05) is 66.7 Å². The van der Waals surface area contributed by atoms with E-state index >= 15 is 0 Å². The number of likely N-dealkylation sites (N-methyl/N-ethyl adjacent to an activating group) is 1. The SMILES string of the molecule is COc1c(C)cc2c(c1OCc1ccccc1)[C@@H]1C3=Cc4c(O)c(C)c(OC)c(OC)c4[C@H](COCc4ccccc4)N3C(=O)[C@H](C2)N1C. The molecule has 4 aromatic rings. The summed E-state index contributed by atoms with van der Waals surface area (Å²) < 4.78 is 30.8. The molecule has 3 heterocycles. The lowest BCUT2D eigenvalue weighted by atomic mass is 9.78. The highest BCUT2D eigenvalue weighted by Gasteiger charge is 2.53. The fourth-order valence-corrected chi connectivity index (χ4v) is 7.78. The average Bonchev–Trinajstić information content (AvgIpc) is 3.11. The molecule has 9 nitrogen and oxygen atoms in total. The summed E-state index contributed by atoms with van der Waals surface area (Å²) in [5, 5.41) is 11.7. The van der Waals surface area contributed by atoms with Gasteiger partial charge in [-0.3, -0.25) is 9.69 Å². The van der Waals surface area contributed by atoms with Gasteiger partial charge in [0.15, 0.2) is 23.0 Å². The molecule has 3 aliphatic heterocycles. The van der Waals surface area contributed by atoms with Crippen LogP contribution in [0.15, 0.2) is 72.4 Å². The maximum absolute atomic E-state index is 14.8. The Kier molecular flexibility index (Phi) is 8.73. The summed E-state index contributed by atoms with van der Waals surface area (Å²) in [6, 6.07) is 20.6. The molecular formula is C40H42N2O7. The van der Waals surface area contributed by atoms with E-state index in [9.17, 15) is 9.90 Å². The van der Waals surface area contributed by atoms with E-state index in [1.165, 1.54) is 0 Å². The Bertz CT molecular complexity index is 1930. The normalized spacial score (nSPS) is 19.4. The third-order valence-corrected chi connectivity index (χ3v) is 10.1. The van der Waals surface area contributed by atoms with Crippen LogP contribution in [0.2, 0.25) is 0 Å². The zero-order valence-electron chi connectivity index (χ0n) is 28.8. The number of hydrogen-bond acceptors (Lipinski definition) is 8. The van der Waals surface area contributed by atoms with Crippen LogP contribution in [0.1, 0.15) is 56.6 Å². The van der Waals surface area contributed by atoms with Gasteiger partial charge in [0.1, 0.15) is 12.4 Å². The van der Waals surface area contributed by atoms with Crippen LogP contribution >= 0.6 is 0 Å². The van der Waals surface area contributed by atoms with Gasteiger partial charge in [0.25, 0.3) is 0 Å². The molecular weight excluding hydrogens is 620 g/mol. The Morgan fingerprint density at radius 3 is 2.08 bits per heavy atom. The first kappa shape index (κ1) is 32.6. The van der Waals surface area contributed by atoms with Crippen molar-refractivity contribution >= 4 is 12.0 Å². The zero-order chi connectivity index (χ0) is 34.4. The number of rotatable bonds is 10. The molecule has 0 aromatic heterocycles. The maximum Gasteiger partial charge on any atom is 0.245 e. The van der Waals surface area contributed by atoms with Crippen LogP contribution in [-0.2, 0) is 29.2 Å². The summed E-state index contributed by atoms with van der Waals surface area (Å²) in [6.07, 6.45) is 2.42. The minimum Gasteiger partial charge on any atom is -0.507 e. The molecule has 1 fully saturated rings. The predicted molar refractivity (Wildman–Crippen MR) is 186 cm³/mol. The van der Waals surface area contributed by atoms with E-state index in [4.69, 9.17) is 23.7 Å². The van der Waals surface area contributed by atoms with Crippen molar-refractivity contribution in [3.05, 3.63) is 117 Å². The van der Waals surface area contributed by atoms with Crippen molar-refractivity contribution in [1.29, 1.82) is 0 Å². The first-order chi connectivity index (χ1) is 23.8. The standard InChI is InChI=1S/C40H42N2O7/c1-23-17-27-18-30-40(44)42-29(34(41(30)3)32(27)39(36(23)45-4)49-21-26-15-11-8-12-16-26)19-28-33(38(47-6)37(46-5)24(2)35(28)43)31(42)22-48-20-25-13-9-7-10-14-25/h7-17,19,30-31,34,43H,18,20-22H2,1-6H3/t30-,31-,34-/m0/s1. The molecule has 3 aliphatic rings. The van der Waals surface area contributed by atoms with Crippen LogP contribution < -0.4 is 18.9 Å². The maximum atomic E-state index is 14.8. The number of ether oxygens (including phenoxy) is 5. The predicted octanol–water partition coefficient (Wildman–Crippen LogP) is 6.67. The van der Waals surface area contributed by atoms with Crippen molar-refractivity contribution in [2.75, 3.05) is 35.0 Å². The Hall–Kier alpha value is -4.99. The van der Waals surface area contributed by atoms with E-state index in [1.54, 1.807) is 28.3 Å². The Labute approximate surface area is 287 Å². The second-order valence-electron chi connectivity index (χ2n) is 12.9. The minimum absolute atomic E-state index is 0.0454. The number of amides is 1. The lowest BCUT2D eigenvalue weighted by Crippen LogP contribution is -2.60. The fourth-order valence-electron chi connectivity index (χ4n) is 7.78. The van der Waals surface area contributed by atoms with Crippen LogP contribution in [0.5, 0.6) is 28.7 Å². The summed E-state index contributed by atoms with van der Waals surface area (Å²) in [7, 11) is 6.78. The molecule has 254 valence electrons. The number of piperazine rings is 1. The van der Waals surface area contributed by atoms with Crippen LogP contribution in [0.3, 0.4) is 0 Å². The number of carbonyl (C=O) groups is 1. The molecule has 49 heavy (non-hydrogen) atoms. The van der Waals surface area contributed by atoms with E-state index in [2.05, 4.69) is 11.0 Å². The van der Waals surface area contributed by atoms with Gasteiger partial charge in [-0.2, -0.15) is 0 Å². The van der Waals surface area contributed by atoms with Gasteiger partial charge in [0.2, 0.25) is 5.91 Å². The quantitative estimate of drug-likeness (QED) is 0.202. The van der Waals surface area contributed by atoms with Gasteiger partial charge in [-0.25, -0.2) is 0 Å². The van der Waals surface area contributed by atoms with E-state index in [0.717, 1.165) is 33.5 Å². The molecule has 0 spiro atoms. The van der Waals surface area contributed by atoms with Crippen molar-refractivity contribution in [2.24, 2.45) is 0 Å². The largest absolute Gasteiger partial charge is 0.507 e. The number of hydrogen-bond donors (Lipinski definition) is 1. The lowest BCUT2D eigenvalue weighted by molar-refractivity contribution is -0.145. The van der Waals surface area contributed by atoms with Crippen molar-refractivity contribution in [2.45, 2.75) is 51.6 Å². The van der Waals surface area contributed by atoms with Crippen molar-refractivity contribution < 1.29 is 33.6 Å². The van der Waals surface area contributed by atoms with Crippen molar-refractivity contribution in [3.8, 4) is 28.7 Å². The monoisotopic (exact) mass is 662 g/mol. The Morgan fingerprint density at radius 1 is 0.816 bits per heavy atom. The first-order valence-corrected chi connectivity index (χ1v) is 16.5. The lowest BCUT2D eigenvalue weighted by Gasteiger charge is -2.53. The topological polar surface area (TPSA) is 89.9 Å². The summed E-state index contributed by atoms with van der Waals surface area (Å²) in [6.45, 7) is 4.68. The van der Waals surface area contributed by atoms with Gasteiger partial charge in [0.05, 0.1) is 52.7 Å². The number of nitrogens with zero attached hydrogens (tertiary/aromatic N) is 2. The molecule has 7 rings (SSSR count). The summed E-state index contributed by atoms with van der Waals surface area (Å²) in [4.78, 5) is 18.7. The Morgan fingerprint density at radius 2 is 1.45 bits per heavy atom.